The highest BCUT2D eigenvalue weighted by Gasteiger charge is 2.21. The van der Waals surface area contributed by atoms with E-state index in [4.69, 9.17) is 4.74 Å². The van der Waals surface area contributed by atoms with Crippen LogP contribution in [0.4, 0.5) is 4.79 Å². The molecule has 0 aromatic heterocycles. The van der Waals surface area contributed by atoms with Gasteiger partial charge in [-0.1, -0.05) is 45.0 Å². The van der Waals surface area contributed by atoms with Crippen molar-refractivity contribution < 1.29 is 9.53 Å². The van der Waals surface area contributed by atoms with E-state index in [1.54, 1.807) is 0 Å². The summed E-state index contributed by atoms with van der Waals surface area (Å²) in [5.74, 6) is 0. The lowest BCUT2D eigenvalue weighted by atomic mass is 9.86. The smallest absolute Gasteiger partial charge is 0.407 e. The highest BCUT2D eigenvalue weighted by molar-refractivity contribution is 5.85. The molecule has 0 bridgehead atoms. The Balaban J connectivity index is 0.00000162. The van der Waals surface area contributed by atoms with Gasteiger partial charge in [-0.15, -0.1) is 12.4 Å². The zero-order valence-electron chi connectivity index (χ0n) is 11.0. The second-order valence-corrected chi connectivity index (χ2v) is 5.49. The van der Waals surface area contributed by atoms with Crippen molar-refractivity contribution in [3.8, 4) is 0 Å². The number of amides is 1. The van der Waals surface area contributed by atoms with Crippen molar-refractivity contribution in [3.05, 3.63) is 35.4 Å². The van der Waals surface area contributed by atoms with Crippen molar-refractivity contribution in [2.75, 3.05) is 6.61 Å². The predicted molar refractivity (Wildman–Crippen MR) is 74.2 cm³/mol. The highest BCUT2D eigenvalue weighted by atomic mass is 35.5. The fourth-order valence-electron chi connectivity index (χ4n) is 1.99. The topological polar surface area (TPSA) is 38.3 Å². The lowest BCUT2D eigenvalue weighted by Crippen LogP contribution is -2.35. The predicted octanol–water partition coefficient (Wildman–Crippen LogP) is 3.58. The molecule has 100 valence electrons. The average Bonchev–Trinajstić information content (AvgIpc) is 2.28. The number of carbonyl (C=O) groups is 1. The first-order valence-corrected chi connectivity index (χ1v) is 6.00. The molecule has 0 aliphatic carbocycles. The molecular weight excluding hydrogens is 250 g/mol. The standard InChI is InChI=1S/C14H19NO2.ClH/c1-14(2,3)11-6-4-10(5-7-11)12-8-9-17-13(16)15-12;/h4-7,12H,8-9H2,1-3H3,(H,15,16);1H/t12-;/m0./s1. The fraction of sp³-hybridized carbons (Fsp3) is 0.500. The van der Waals surface area contributed by atoms with Crippen LogP contribution >= 0.6 is 12.4 Å². The molecule has 1 saturated heterocycles. The van der Waals surface area contributed by atoms with Crippen LogP contribution < -0.4 is 5.32 Å². The van der Waals surface area contributed by atoms with Crippen LogP contribution in [-0.2, 0) is 10.2 Å². The molecule has 0 spiro atoms. The van der Waals surface area contributed by atoms with Gasteiger partial charge in [-0.25, -0.2) is 4.79 Å². The van der Waals surface area contributed by atoms with E-state index in [1.807, 2.05) is 0 Å². The van der Waals surface area contributed by atoms with E-state index in [1.165, 1.54) is 5.56 Å². The number of cyclic esters (lactones) is 1. The summed E-state index contributed by atoms with van der Waals surface area (Å²) in [5.41, 5.74) is 2.62. The maximum atomic E-state index is 11.1. The van der Waals surface area contributed by atoms with Crippen LogP contribution in [0.25, 0.3) is 0 Å². The molecule has 1 fully saturated rings. The Kier molecular flexibility index (Phi) is 4.63. The second-order valence-electron chi connectivity index (χ2n) is 5.49. The van der Waals surface area contributed by atoms with Crippen molar-refractivity contribution in [3.63, 3.8) is 0 Å². The van der Waals surface area contributed by atoms with Crippen LogP contribution in [0, 0.1) is 0 Å². The summed E-state index contributed by atoms with van der Waals surface area (Å²) >= 11 is 0. The fourth-order valence-corrected chi connectivity index (χ4v) is 1.99. The third-order valence-corrected chi connectivity index (χ3v) is 3.11. The number of benzene rings is 1. The van der Waals surface area contributed by atoms with Gasteiger partial charge < -0.3 is 10.1 Å². The molecule has 0 unspecified atom stereocenters. The van der Waals surface area contributed by atoms with E-state index in [0.717, 1.165) is 12.0 Å². The average molecular weight is 270 g/mol. The quantitative estimate of drug-likeness (QED) is 0.846. The molecule has 0 saturated carbocycles. The Morgan fingerprint density at radius 3 is 2.33 bits per heavy atom. The Bertz CT molecular complexity index is 409. The van der Waals surface area contributed by atoms with Crippen molar-refractivity contribution in [2.24, 2.45) is 0 Å². The molecule has 4 heteroatoms. The molecule has 1 aliphatic rings. The van der Waals surface area contributed by atoms with Crippen LogP contribution in [0.15, 0.2) is 24.3 Å². The number of alkyl carbamates (subject to hydrolysis) is 1. The molecule has 1 N–H and O–H groups in total. The molecule has 1 aromatic rings. The van der Waals surface area contributed by atoms with Crippen molar-refractivity contribution in [2.45, 2.75) is 38.6 Å². The molecular formula is C14H20ClNO2. The third-order valence-electron chi connectivity index (χ3n) is 3.11. The molecule has 1 aromatic carbocycles. The summed E-state index contributed by atoms with van der Waals surface area (Å²) in [7, 11) is 0. The van der Waals surface area contributed by atoms with Crippen LogP contribution in [-0.4, -0.2) is 12.7 Å². The number of carbonyl (C=O) groups excluding carboxylic acids is 1. The van der Waals surface area contributed by atoms with Gasteiger partial charge in [0.1, 0.15) is 0 Å². The first-order chi connectivity index (χ1) is 7.97. The summed E-state index contributed by atoms with van der Waals surface area (Å²) < 4.78 is 4.86. The molecule has 0 radical (unpaired) electrons. The van der Waals surface area contributed by atoms with Crippen molar-refractivity contribution >= 4 is 18.5 Å². The number of rotatable bonds is 1. The minimum absolute atomic E-state index is 0. The number of hydrogen-bond donors (Lipinski definition) is 1. The van der Waals surface area contributed by atoms with E-state index in [-0.39, 0.29) is 30.0 Å². The summed E-state index contributed by atoms with van der Waals surface area (Å²) in [5, 5.41) is 2.83. The summed E-state index contributed by atoms with van der Waals surface area (Å²) in [6.45, 7) is 7.08. The third kappa shape index (κ3) is 3.39. The zero-order valence-corrected chi connectivity index (χ0v) is 11.8. The normalized spacial score (nSPS) is 19.5. The largest absolute Gasteiger partial charge is 0.449 e. The Morgan fingerprint density at radius 1 is 1.22 bits per heavy atom. The van der Waals surface area contributed by atoms with Crippen LogP contribution in [0.3, 0.4) is 0 Å². The van der Waals surface area contributed by atoms with Crippen molar-refractivity contribution in [1.82, 2.24) is 5.32 Å². The summed E-state index contributed by atoms with van der Waals surface area (Å²) in [4.78, 5) is 11.1. The maximum Gasteiger partial charge on any atom is 0.407 e. The van der Waals surface area contributed by atoms with E-state index < -0.39 is 0 Å². The molecule has 18 heavy (non-hydrogen) atoms. The van der Waals surface area contributed by atoms with Crippen LogP contribution in [0.1, 0.15) is 44.4 Å². The molecule has 1 aliphatic heterocycles. The monoisotopic (exact) mass is 269 g/mol. The molecule has 1 heterocycles. The molecule has 1 atom stereocenters. The maximum absolute atomic E-state index is 11.1. The molecule has 3 nitrogen and oxygen atoms in total. The van der Waals surface area contributed by atoms with Gasteiger partial charge in [0.25, 0.3) is 0 Å². The van der Waals surface area contributed by atoms with E-state index in [0.29, 0.717) is 6.61 Å². The van der Waals surface area contributed by atoms with Gasteiger partial charge in [0.15, 0.2) is 0 Å². The minimum Gasteiger partial charge on any atom is -0.449 e. The van der Waals surface area contributed by atoms with E-state index in [2.05, 4.69) is 50.4 Å². The van der Waals surface area contributed by atoms with Gasteiger partial charge in [-0.2, -0.15) is 0 Å². The number of halogens is 1. The van der Waals surface area contributed by atoms with Crippen molar-refractivity contribution in [1.29, 1.82) is 0 Å². The van der Waals surface area contributed by atoms with Gasteiger partial charge in [0.05, 0.1) is 12.6 Å². The SMILES string of the molecule is CC(C)(C)c1ccc([C@@H]2CCOC(=O)N2)cc1.Cl. The number of hydrogen-bond acceptors (Lipinski definition) is 2. The van der Waals surface area contributed by atoms with Crippen LogP contribution in [0.2, 0.25) is 0 Å². The Labute approximate surface area is 114 Å². The van der Waals surface area contributed by atoms with Gasteiger partial charge in [0, 0.05) is 6.42 Å². The van der Waals surface area contributed by atoms with Gasteiger partial charge >= 0.3 is 6.09 Å². The Hall–Kier alpha value is -1.22. The first kappa shape index (κ1) is 14.8. The van der Waals surface area contributed by atoms with Gasteiger partial charge in [0.2, 0.25) is 0 Å². The zero-order chi connectivity index (χ0) is 12.5. The summed E-state index contributed by atoms with van der Waals surface area (Å²) in [6, 6.07) is 8.55. The van der Waals surface area contributed by atoms with E-state index in [9.17, 15) is 4.79 Å². The molecule has 1 amide bonds. The number of ether oxygens (including phenoxy) is 1. The second kappa shape index (κ2) is 5.61. The summed E-state index contributed by atoms with van der Waals surface area (Å²) in [6.07, 6.45) is 0.516. The van der Waals surface area contributed by atoms with Gasteiger partial charge in [-0.3, -0.25) is 0 Å². The molecule has 2 rings (SSSR count). The lowest BCUT2D eigenvalue weighted by Gasteiger charge is -2.25. The first-order valence-electron chi connectivity index (χ1n) is 6.00. The lowest BCUT2D eigenvalue weighted by molar-refractivity contribution is 0.115. The Morgan fingerprint density at radius 2 is 1.83 bits per heavy atom. The highest BCUT2D eigenvalue weighted by Crippen LogP contribution is 2.25. The van der Waals surface area contributed by atoms with Gasteiger partial charge in [-0.05, 0) is 16.5 Å². The van der Waals surface area contributed by atoms with E-state index >= 15 is 0 Å². The van der Waals surface area contributed by atoms with Crippen LogP contribution in [0.5, 0.6) is 0 Å². The number of nitrogens with one attached hydrogen (secondary N) is 1. The minimum atomic E-state index is -0.318.